The summed E-state index contributed by atoms with van der Waals surface area (Å²) >= 11 is 18.4. The first-order chi connectivity index (χ1) is 17.3. The van der Waals surface area contributed by atoms with E-state index in [1.807, 2.05) is 56.3 Å². The van der Waals surface area contributed by atoms with E-state index >= 15 is 0 Å². The maximum absolute atomic E-state index is 13.6. The molecule has 3 aromatic rings. The van der Waals surface area contributed by atoms with Gasteiger partial charge in [0.2, 0.25) is 5.91 Å². The van der Waals surface area contributed by atoms with Gasteiger partial charge < -0.3 is 15.0 Å². The highest BCUT2D eigenvalue weighted by atomic mass is 35.5. The van der Waals surface area contributed by atoms with Gasteiger partial charge in [-0.05, 0) is 54.8 Å². The lowest BCUT2D eigenvalue weighted by Gasteiger charge is -2.32. The second-order valence-electron chi connectivity index (χ2n) is 8.54. The van der Waals surface area contributed by atoms with Crippen molar-refractivity contribution in [3.05, 3.63) is 99.0 Å². The fourth-order valence-corrected chi connectivity index (χ4v) is 4.32. The Hall–Kier alpha value is -2.73. The largest absolute Gasteiger partial charge is 0.482 e. The van der Waals surface area contributed by atoms with E-state index in [1.165, 1.54) is 0 Å². The fourth-order valence-electron chi connectivity index (χ4n) is 3.64. The van der Waals surface area contributed by atoms with Crippen LogP contribution in [0.2, 0.25) is 15.1 Å². The Bertz CT molecular complexity index is 1170. The number of rotatable bonds is 11. The number of nitrogens with one attached hydrogen (secondary N) is 1. The van der Waals surface area contributed by atoms with Gasteiger partial charge in [0.25, 0.3) is 5.91 Å². The molecule has 3 rings (SSSR count). The zero-order valence-electron chi connectivity index (χ0n) is 20.2. The third-order valence-electron chi connectivity index (χ3n) is 5.76. The second-order valence-corrected chi connectivity index (χ2v) is 9.82. The van der Waals surface area contributed by atoms with Crippen molar-refractivity contribution in [2.24, 2.45) is 0 Å². The molecule has 0 bridgehead atoms. The van der Waals surface area contributed by atoms with Crippen molar-refractivity contribution in [2.75, 3.05) is 6.61 Å². The molecule has 8 heteroatoms. The third kappa shape index (κ3) is 8.16. The number of nitrogens with zero attached hydrogens (tertiary/aromatic N) is 1. The average molecular weight is 548 g/mol. The van der Waals surface area contributed by atoms with Crippen molar-refractivity contribution in [3.63, 3.8) is 0 Å². The van der Waals surface area contributed by atoms with E-state index in [2.05, 4.69) is 5.32 Å². The molecule has 5 nitrogen and oxygen atoms in total. The van der Waals surface area contributed by atoms with Gasteiger partial charge >= 0.3 is 0 Å². The molecule has 0 unspecified atom stereocenters. The number of carbonyl (C=O) groups is 2. The highest BCUT2D eigenvalue weighted by Gasteiger charge is 2.31. The first-order valence-electron chi connectivity index (χ1n) is 11.7. The van der Waals surface area contributed by atoms with E-state index in [9.17, 15) is 9.59 Å². The van der Waals surface area contributed by atoms with Crippen molar-refractivity contribution in [1.29, 1.82) is 0 Å². The number of halogens is 3. The van der Waals surface area contributed by atoms with Crippen molar-refractivity contribution < 1.29 is 14.3 Å². The summed E-state index contributed by atoms with van der Waals surface area (Å²) in [6.45, 7) is 3.81. The quantitative estimate of drug-likeness (QED) is 0.295. The minimum absolute atomic E-state index is 0.0389. The monoisotopic (exact) mass is 546 g/mol. The van der Waals surface area contributed by atoms with Gasteiger partial charge in [0.1, 0.15) is 11.8 Å². The Morgan fingerprint density at radius 1 is 0.917 bits per heavy atom. The van der Waals surface area contributed by atoms with Crippen LogP contribution in [0.25, 0.3) is 0 Å². The van der Waals surface area contributed by atoms with Gasteiger partial charge in [0.15, 0.2) is 6.61 Å². The molecule has 36 heavy (non-hydrogen) atoms. The Kier molecular flexibility index (Phi) is 10.5. The van der Waals surface area contributed by atoms with E-state index in [4.69, 9.17) is 39.5 Å². The molecule has 0 aliphatic rings. The predicted octanol–water partition coefficient (Wildman–Crippen LogP) is 6.58. The van der Waals surface area contributed by atoms with Crippen molar-refractivity contribution in [2.45, 2.75) is 45.3 Å². The molecule has 0 aromatic heterocycles. The molecule has 0 fully saturated rings. The Morgan fingerprint density at radius 3 is 2.28 bits per heavy atom. The summed E-state index contributed by atoms with van der Waals surface area (Å²) in [5.41, 5.74) is 1.74. The Balaban J connectivity index is 1.92. The lowest BCUT2D eigenvalue weighted by molar-refractivity contribution is -0.143. The van der Waals surface area contributed by atoms with Gasteiger partial charge in [-0.2, -0.15) is 0 Å². The van der Waals surface area contributed by atoms with Gasteiger partial charge in [-0.15, -0.1) is 0 Å². The Labute approximate surface area is 227 Å². The lowest BCUT2D eigenvalue weighted by Crippen LogP contribution is -2.53. The van der Waals surface area contributed by atoms with Crippen molar-refractivity contribution >= 4 is 46.6 Å². The van der Waals surface area contributed by atoms with Crippen LogP contribution in [-0.2, 0) is 22.6 Å². The molecule has 0 radical (unpaired) electrons. The number of ether oxygens (including phenoxy) is 1. The zero-order chi connectivity index (χ0) is 26.1. The van der Waals surface area contributed by atoms with E-state index in [0.29, 0.717) is 27.2 Å². The lowest BCUT2D eigenvalue weighted by atomic mass is 10.0. The molecule has 190 valence electrons. The summed E-state index contributed by atoms with van der Waals surface area (Å²) in [6.07, 6.45) is 1.11. The number of hydrogen-bond donors (Lipinski definition) is 1. The van der Waals surface area contributed by atoms with Crippen LogP contribution in [0.1, 0.15) is 31.4 Å². The molecule has 0 aliphatic heterocycles. The van der Waals surface area contributed by atoms with E-state index in [0.717, 1.165) is 17.5 Å². The van der Waals surface area contributed by atoms with Gasteiger partial charge in [0.05, 0.1) is 5.02 Å². The first-order valence-corrected chi connectivity index (χ1v) is 12.9. The number of hydrogen-bond acceptors (Lipinski definition) is 3. The van der Waals surface area contributed by atoms with Crippen LogP contribution in [0.4, 0.5) is 0 Å². The third-order valence-corrected chi connectivity index (χ3v) is 6.52. The molecule has 1 N–H and O–H groups in total. The molecule has 0 aliphatic carbocycles. The minimum Gasteiger partial charge on any atom is -0.482 e. The molecule has 3 aromatic carbocycles. The maximum Gasteiger partial charge on any atom is 0.261 e. The van der Waals surface area contributed by atoms with Gasteiger partial charge in [0, 0.05) is 29.1 Å². The van der Waals surface area contributed by atoms with Crippen LogP contribution in [0, 0.1) is 0 Å². The van der Waals surface area contributed by atoms with E-state index in [1.54, 1.807) is 35.2 Å². The molecule has 0 saturated carbocycles. The fraction of sp³-hybridized carbons (Fsp3) is 0.286. The predicted molar refractivity (Wildman–Crippen MR) is 146 cm³/mol. The summed E-state index contributed by atoms with van der Waals surface area (Å²) in [7, 11) is 0. The molecular weight excluding hydrogens is 519 g/mol. The summed E-state index contributed by atoms with van der Waals surface area (Å²) in [5, 5.41) is 4.35. The molecule has 2 amide bonds. The van der Waals surface area contributed by atoms with E-state index < -0.39 is 6.04 Å². The van der Waals surface area contributed by atoms with Crippen LogP contribution >= 0.6 is 34.8 Å². The van der Waals surface area contributed by atoms with Crippen molar-refractivity contribution in [3.8, 4) is 5.75 Å². The van der Waals surface area contributed by atoms with Gasteiger partial charge in [-0.25, -0.2) is 0 Å². The molecule has 0 saturated heterocycles. The van der Waals surface area contributed by atoms with Crippen LogP contribution in [0.15, 0.2) is 72.8 Å². The highest BCUT2D eigenvalue weighted by molar-refractivity contribution is 6.35. The normalized spacial score (nSPS) is 12.5. The standard InChI is InChI=1S/C28H29Cl3N2O3/c1-3-19(2)32-28(35)25(15-20-8-5-4-6-9-20)33(17-21-10-7-11-22(29)14-21)27(34)18-36-26-13-12-23(30)16-24(26)31/h4-14,16,19,25H,3,15,17-18H2,1-2H3,(H,32,35)/t19-,25+/m0/s1. The summed E-state index contributed by atoms with van der Waals surface area (Å²) in [4.78, 5) is 28.6. The summed E-state index contributed by atoms with van der Waals surface area (Å²) in [6, 6.07) is 20.8. The van der Waals surface area contributed by atoms with Crippen molar-refractivity contribution in [1.82, 2.24) is 10.2 Å². The van der Waals surface area contributed by atoms with Gasteiger partial charge in [-0.3, -0.25) is 9.59 Å². The smallest absolute Gasteiger partial charge is 0.261 e. The SMILES string of the molecule is CC[C@H](C)NC(=O)[C@@H](Cc1ccccc1)N(Cc1cccc(Cl)c1)C(=O)COc1ccc(Cl)cc1Cl. The van der Waals surface area contributed by atoms with E-state index in [-0.39, 0.29) is 31.0 Å². The Morgan fingerprint density at radius 2 is 1.61 bits per heavy atom. The number of carbonyl (C=O) groups excluding carboxylic acids is 2. The molecule has 2 atom stereocenters. The second kappa shape index (κ2) is 13.5. The van der Waals surface area contributed by atoms with Crippen LogP contribution < -0.4 is 10.1 Å². The summed E-state index contributed by atoms with van der Waals surface area (Å²) in [5.74, 6) is -0.255. The molecule has 0 heterocycles. The van der Waals surface area contributed by atoms with Crippen LogP contribution in [0.5, 0.6) is 5.75 Å². The van der Waals surface area contributed by atoms with Crippen LogP contribution in [-0.4, -0.2) is 35.4 Å². The molecular formula is C28H29Cl3N2O3. The maximum atomic E-state index is 13.6. The van der Waals surface area contributed by atoms with Crippen LogP contribution in [0.3, 0.4) is 0 Å². The number of benzene rings is 3. The number of amides is 2. The first kappa shape index (κ1) is 27.9. The molecule has 0 spiro atoms. The summed E-state index contributed by atoms with van der Waals surface area (Å²) < 4.78 is 5.74. The minimum atomic E-state index is -0.767. The average Bonchev–Trinajstić information content (AvgIpc) is 2.86. The highest BCUT2D eigenvalue weighted by Crippen LogP contribution is 2.27. The topological polar surface area (TPSA) is 58.6 Å². The zero-order valence-corrected chi connectivity index (χ0v) is 22.5. The van der Waals surface area contributed by atoms with Gasteiger partial charge in [-0.1, -0.05) is 84.2 Å².